The number of hydrogen-bond acceptors (Lipinski definition) is 6. The first kappa shape index (κ1) is 20.6. The highest BCUT2D eigenvalue weighted by Gasteiger charge is 2.24. The van der Waals surface area contributed by atoms with E-state index in [-0.39, 0.29) is 23.7 Å². The number of nitrogens with one attached hydrogen (secondary N) is 2. The first-order chi connectivity index (χ1) is 14.0. The van der Waals surface area contributed by atoms with Crippen LogP contribution in [0.1, 0.15) is 10.4 Å². The summed E-state index contributed by atoms with van der Waals surface area (Å²) in [6.45, 7) is 2.36. The number of anilines is 1. The maximum absolute atomic E-state index is 12.1. The van der Waals surface area contributed by atoms with E-state index in [1.165, 1.54) is 6.07 Å². The number of rotatable bonds is 5. The third-order valence-electron chi connectivity index (χ3n) is 4.59. The molecule has 29 heavy (non-hydrogen) atoms. The van der Waals surface area contributed by atoms with E-state index in [9.17, 15) is 19.7 Å². The average Bonchev–Trinajstić information content (AvgIpc) is 2.73. The summed E-state index contributed by atoms with van der Waals surface area (Å²) in [5.41, 5.74) is 5.65. The van der Waals surface area contributed by atoms with Crippen molar-refractivity contribution in [3.05, 3.63) is 69.2 Å². The fraction of sp³-hybridized carbons (Fsp3) is 0.263. The monoisotopic (exact) mass is 417 g/mol. The third kappa shape index (κ3) is 5.21. The Bertz CT molecular complexity index is 915. The molecule has 1 heterocycles. The lowest BCUT2D eigenvalue weighted by Gasteiger charge is -2.35. The first-order valence-electron chi connectivity index (χ1n) is 9.00. The fourth-order valence-electron chi connectivity index (χ4n) is 3.11. The number of nitro benzene ring substituents is 1. The summed E-state index contributed by atoms with van der Waals surface area (Å²) >= 11 is 5.96. The van der Waals surface area contributed by atoms with Crippen LogP contribution in [0.25, 0.3) is 0 Å². The van der Waals surface area contributed by atoms with Crippen molar-refractivity contribution in [1.29, 1.82) is 0 Å². The van der Waals surface area contributed by atoms with Gasteiger partial charge in [0.05, 0.1) is 22.1 Å². The Morgan fingerprint density at radius 3 is 2.34 bits per heavy atom. The summed E-state index contributed by atoms with van der Waals surface area (Å²) in [7, 11) is 0. The van der Waals surface area contributed by atoms with Crippen LogP contribution in [0.5, 0.6) is 0 Å². The highest BCUT2D eigenvalue weighted by Crippen LogP contribution is 2.28. The van der Waals surface area contributed by atoms with Crippen LogP contribution in [0.2, 0.25) is 5.02 Å². The molecule has 1 aliphatic rings. The molecule has 152 valence electrons. The molecule has 0 spiro atoms. The van der Waals surface area contributed by atoms with Crippen molar-refractivity contribution in [1.82, 2.24) is 15.8 Å². The molecule has 0 aromatic heterocycles. The molecule has 2 aromatic carbocycles. The Hall–Kier alpha value is -3.17. The van der Waals surface area contributed by atoms with Gasteiger partial charge in [0, 0.05) is 32.2 Å². The summed E-state index contributed by atoms with van der Waals surface area (Å²) in [5.74, 6) is -0.852. The predicted molar refractivity (Wildman–Crippen MR) is 109 cm³/mol. The number of carbonyl (C=O) groups is 2. The number of piperazine rings is 1. The molecule has 2 N–H and O–H groups in total. The number of benzene rings is 2. The van der Waals surface area contributed by atoms with Crippen molar-refractivity contribution in [2.45, 2.75) is 0 Å². The summed E-state index contributed by atoms with van der Waals surface area (Å²) in [4.78, 5) is 38.8. The van der Waals surface area contributed by atoms with Gasteiger partial charge in [0.2, 0.25) is 0 Å². The molecule has 2 aromatic rings. The SMILES string of the molecule is O=C(CN1CCN(c2ccccc2[N+](=O)[O-])CC1)NNC(=O)c1ccccc1Cl. The van der Waals surface area contributed by atoms with Crippen molar-refractivity contribution in [2.24, 2.45) is 0 Å². The summed E-state index contributed by atoms with van der Waals surface area (Å²) in [5, 5.41) is 11.5. The van der Waals surface area contributed by atoms with E-state index in [1.54, 1.807) is 42.5 Å². The highest BCUT2D eigenvalue weighted by molar-refractivity contribution is 6.33. The van der Waals surface area contributed by atoms with Gasteiger partial charge in [0.1, 0.15) is 5.69 Å². The molecule has 0 unspecified atom stereocenters. The van der Waals surface area contributed by atoms with Gasteiger partial charge in [-0.25, -0.2) is 0 Å². The van der Waals surface area contributed by atoms with Crippen LogP contribution in [0.3, 0.4) is 0 Å². The number of para-hydroxylation sites is 2. The van der Waals surface area contributed by atoms with Crippen LogP contribution >= 0.6 is 11.6 Å². The van der Waals surface area contributed by atoms with E-state index in [2.05, 4.69) is 10.9 Å². The number of carbonyl (C=O) groups excluding carboxylic acids is 2. The summed E-state index contributed by atoms with van der Waals surface area (Å²) in [6.07, 6.45) is 0. The van der Waals surface area contributed by atoms with E-state index in [4.69, 9.17) is 11.6 Å². The molecule has 1 saturated heterocycles. The van der Waals surface area contributed by atoms with Crippen molar-refractivity contribution in [3.8, 4) is 0 Å². The van der Waals surface area contributed by atoms with Crippen LogP contribution in [0.4, 0.5) is 11.4 Å². The van der Waals surface area contributed by atoms with Gasteiger partial charge < -0.3 is 4.90 Å². The van der Waals surface area contributed by atoms with E-state index >= 15 is 0 Å². The molecular formula is C19H20ClN5O4. The number of halogens is 1. The molecule has 0 aliphatic carbocycles. The van der Waals surface area contributed by atoms with Gasteiger partial charge in [0.25, 0.3) is 17.5 Å². The van der Waals surface area contributed by atoms with Gasteiger partial charge >= 0.3 is 0 Å². The second-order valence-electron chi connectivity index (χ2n) is 6.49. The Morgan fingerprint density at radius 2 is 1.66 bits per heavy atom. The van der Waals surface area contributed by atoms with Gasteiger partial charge in [-0.1, -0.05) is 35.9 Å². The molecule has 0 bridgehead atoms. The summed E-state index contributed by atoms with van der Waals surface area (Å²) < 4.78 is 0. The Balaban J connectivity index is 1.47. The summed E-state index contributed by atoms with van der Waals surface area (Å²) in [6, 6.07) is 13.2. The Kier molecular flexibility index (Phi) is 6.63. The van der Waals surface area contributed by atoms with Crippen molar-refractivity contribution >= 4 is 34.8 Å². The number of hydrazine groups is 1. The zero-order valence-corrected chi connectivity index (χ0v) is 16.3. The van der Waals surface area contributed by atoms with Crippen LogP contribution < -0.4 is 15.8 Å². The van der Waals surface area contributed by atoms with Gasteiger partial charge in [-0.2, -0.15) is 0 Å². The average molecular weight is 418 g/mol. The lowest BCUT2D eigenvalue weighted by Crippen LogP contribution is -2.52. The Labute approximate surface area is 172 Å². The van der Waals surface area contributed by atoms with Gasteiger partial charge in [-0.3, -0.25) is 35.5 Å². The highest BCUT2D eigenvalue weighted by atomic mass is 35.5. The molecule has 10 heteroatoms. The van der Waals surface area contributed by atoms with Crippen molar-refractivity contribution < 1.29 is 14.5 Å². The minimum absolute atomic E-state index is 0.0704. The van der Waals surface area contributed by atoms with Crippen molar-refractivity contribution in [3.63, 3.8) is 0 Å². The van der Waals surface area contributed by atoms with Gasteiger partial charge in [-0.05, 0) is 18.2 Å². The zero-order chi connectivity index (χ0) is 20.8. The van der Waals surface area contributed by atoms with E-state index < -0.39 is 10.8 Å². The molecular weight excluding hydrogens is 398 g/mol. The third-order valence-corrected chi connectivity index (χ3v) is 4.92. The maximum atomic E-state index is 12.1. The number of hydrogen-bond donors (Lipinski definition) is 2. The van der Waals surface area contributed by atoms with E-state index in [0.29, 0.717) is 36.9 Å². The van der Waals surface area contributed by atoms with E-state index in [0.717, 1.165) is 0 Å². The van der Waals surface area contributed by atoms with Crippen molar-refractivity contribution in [2.75, 3.05) is 37.6 Å². The quantitative estimate of drug-likeness (QED) is 0.567. The lowest BCUT2D eigenvalue weighted by atomic mass is 10.2. The zero-order valence-electron chi connectivity index (χ0n) is 15.5. The standard InChI is InChI=1S/C19H20ClN5O4/c20-15-6-2-1-5-14(15)19(27)22-21-18(26)13-23-9-11-24(12-10-23)16-7-3-4-8-17(16)25(28)29/h1-8H,9-13H2,(H,21,26)(H,22,27). The first-order valence-corrected chi connectivity index (χ1v) is 9.38. The van der Waals surface area contributed by atoms with Crippen LogP contribution in [0, 0.1) is 10.1 Å². The van der Waals surface area contributed by atoms with E-state index in [1.807, 2.05) is 9.80 Å². The topological polar surface area (TPSA) is 108 Å². The van der Waals surface area contributed by atoms with Crippen LogP contribution in [-0.4, -0.2) is 54.4 Å². The Morgan fingerprint density at radius 1 is 1.00 bits per heavy atom. The maximum Gasteiger partial charge on any atom is 0.292 e. The molecule has 1 fully saturated rings. The molecule has 0 saturated carbocycles. The second-order valence-corrected chi connectivity index (χ2v) is 6.90. The smallest absolute Gasteiger partial charge is 0.292 e. The lowest BCUT2D eigenvalue weighted by molar-refractivity contribution is -0.384. The fourth-order valence-corrected chi connectivity index (χ4v) is 3.34. The molecule has 3 rings (SSSR count). The van der Waals surface area contributed by atoms with Crippen LogP contribution in [0.15, 0.2) is 48.5 Å². The van der Waals surface area contributed by atoms with Gasteiger partial charge in [-0.15, -0.1) is 0 Å². The molecule has 1 aliphatic heterocycles. The van der Waals surface area contributed by atoms with Crippen LogP contribution in [-0.2, 0) is 4.79 Å². The number of amides is 2. The largest absolute Gasteiger partial charge is 0.363 e. The minimum Gasteiger partial charge on any atom is -0.363 e. The molecule has 9 nitrogen and oxygen atoms in total. The predicted octanol–water partition coefficient (Wildman–Crippen LogP) is 1.83. The minimum atomic E-state index is -0.495. The molecule has 2 amide bonds. The normalized spacial score (nSPS) is 14.3. The van der Waals surface area contributed by atoms with Gasteiger partial charge in [0.15, 0.2) is 0 Å². The number of nitrogens with zero attached hydrogens (tertiary/aromatic N) is 3. The molecule has 0 atom stereocenters. The molecule has 0 radical (unpaired) electrons. The number of nitro groups is 1. The second kappa shape index (κ2) is 9.35.